The van der Waals surface area contributed by atoms with Crippen LogP contribution in [0.4, 0.5) is 0 Å². The normalized spacial score (nSPS) is 22.4. The summed E-state index contributed by atoms with van der Waals surface area (Å²) >= 11 is 13.4. The summed E-state index contributed by atoms with van der Waals surface area (Å²) in [4.78, 5) is 11.0. The predicted octanol–water partition coefficient (Wildman–Crippen LogP) is 3.43. The van der Waals surface area contributed by atoms with Crippen LogP contribution in [0.1, 0.15) is 37.2 Å². The van der Waals surface area contributed by atoms with Gasteiger partial charge in [0.2, 0.25) is 0 Å². The van der Waals surface area contributed by atoms with Gasteiger partial charge in [-0.2, -0.15) is 0 Å². The molecule has 1 aliphatic rings. The molecule has 0 atom stereocenters. The summed E-state index contributed by atoms with van der Waals surface area (Å²) in [6.07, 6.45) is 3.91. The van der Waals surface area contributed by atoms with Gasteiger partial charge in [-0.1, -0.05) is 29.3 Å². The molecule has 0 spiro atoms. The lowest BCUT2D eigenvalue weighted by Gasteiger charge is -2.28. The Balaban J connectivity index is 1.96. The third-order valence-corrected chi connectivity index (χ3v) is 5.99. The van der Waals surface area contributed by atoms with Crippen molar-refractivity contribution in [2.75, 3.05) is 0 Å². The fraction of sp³-hybridized carbons (Fsp3) is 0.400. The van der Waals surface area contributed by atoms with Gasteiger partial charge in [-0.05, 0) is 49.3 Å². The van der Waals surface area contributed by atoms with Crippen LogP contribution in [0, 0.1) is 0 Å². The monoisotopic (exact) mass is 375 g/mol. The van der Waals surface area contributed by atoms with Gasteiger partial charge >= 0.3 is 5.97 Å². The van der Waals surface area contributed by atoms with E-state index in [1.807, 2.05) is 18.2 Å². The Bertz CT molecular complexity index is 617. The lowest BCUT2D eigenvalue weighted by atomic mass is 9.84. The maximum Gasteiger partial charge on any atom is 0.356 e. The van der Waals surface area contributed by atoms with Gasteiger partial charge in [0.25, 0.3) is 0 Å². The van der Waals surface area contributed by atoms with Crippen LogP contribution in [0.3, 0.4) is 0 Å². The topological polar surface area (TPSA) is 101 Å². The standard InChI is InChI=1S/C15H19Cl2N3O2S/c16-11-6-3-9(7-12(11)17)8-1-4-10(5-2-8)23-14(18)13(20-19)15(21)22/h3,6-8,10,20H,1-2,4-5,18-19H2,(H,21,22)/b14-13+. The summed E-state index contributed by atoms with van der Waals surface area (Å²) in [5, 5.41) is 10.6. The Hall–Kier alpha value is -1.08. The van der Waals surface area contributed by atoms with Gasteiger partial charge in [0.15, 0.2) is 5.70 Å². The van der Waals surface area contributed by atoms with Gasteiger partial charge in [-0.15, -0.1) is 11.8 Å². The molecule has 0 aliphatic heterocycles. The molecule has 1 saturated carbocycles. The molecule has 6 N–H and O–H groups in total. The molecule has 2 rings (SSSR count). The summed E-state index contributed by atoms with van der Waals surface area (Å²) in [7, 11) is 0. The van der Waals surface area contributed by atoms with E-state index in [9.17, 15) is 4.79 Å². The number of nitrogens with two attached hydrogens (primary N) is 2. The third kappa shape index (κ3) is 4.70. The second-order valence-corrected chi connectivity index (χ2v) is 7.61. The summed E-state index contributed by atoms with van der Waals surface area (Å²) in [6, 6.07) is 5.77. The van der Waals surface area contributed by atoms with Crippen molar-refractivity contribution in [3.8, 4) is 0 Å². The number of rotatable bonds is 5. The lowest BCUT2D eigenvalue weighted by molar-refractivity contribution is -0.133. The highest BCUT2D eigenvalue weighted by molar-refractivity contribution is 8.03. The molecule has 0 bridgehead atoms. The van der Waals surface area contributed by atoms with E-state index in [1.54, 1.807) is 0 Å². The Morgan fingerprint density at radius 2 is 1.87 bits per heavy atom. The fourth-order valence-corrected chi connectivity index (χ4v) is 4.19. The number of carboxylic acid groups (broad SMARTS) is 1. The Labute approximate surface area is 149 Å². The predicted molar refractivity (Wildman–Crippen MR) is 95.2 cm³/mol. The summed E-state index contributed by atoms with van der Waals surface area (Å²) < 4.78 is 0. The summed E-state index contributed by atoms with van der Waals surface area (Å²) in [6.45, 7) is 0. The quantitative estimate of drug-likeness (QED) is 0.357. The SMILES string of the molecule is NN/C(C(=O)O)=C(\N)SC1CCC(c2ccc(Cl)c(Cl)c2)CC1. The van der Waals surface area contributed by atoms with Gasteiger partial charge in [-0.3, -0.25) is 5.84 Å². The summed E-state index contributed by atoms with van der Waals surface area (Å²) in [5.41, 5.74) is 9.02. The number of hydrogen-bond acceptors (Lipinski definition) is 5. The number of carbonyl (C=O) groups is 1. The van der Waals surface area contributed by atoms with Crippen molar-refractivity contribution >= 4 is 40.9 Å². The molecule has 5 nitrogen and oxygen atoms in total. The minimum absolute atomic E-state index is 0.151. The second kappa shape index (κ2) is 8.15. The van der Waals surface area contributed by atoms with Crippen molar-refractivity contribution in [3.05, 3.63) is 44.5 Å². The van der Waals surface area contributed by atoms with Gasteiger partial charge in [0.05, 0.1) is 15.1 Å². The van der Waals surface area contributed by atoms with Crippen molar-refractivity contribution in [2.45, 2.75) is 36.9 Å². The van der Waals surface area contributed by atoms with E-state index in [2.05, 4.69) is 5.43 Å². The van der Waals surface area contributed by atoms with Gasteiger partial charge < -0.3 is 16.3 Å². The first-order chi connectivity index (χ1) is 10.9. The molecular weight excluding hydrogens is 357 g/mol. The first-order valence-corrected chi connectivity index (χ1v) is 8.87. The van der Waals surface area contributed by atoms with E-state index in [4.69, 9.17) is 39.9 Å². The molecule has 8 heteroatoms. The van der Waals surface area contributed by atoms with Crippen LogP contribution in [0.15, 0.2) is 28.9 Å². The second-order valence-electron chi connectivity index (χ2n) is 5.45. The number of halogens is 2. The fourth-order valence-electron chi connectivity index (χ4n) is 2.76. The van der Waals surface area contributed by atoms with Crippen LogP contribution in [-0.4, -0.2) is 16.3 Å². The first kappa shape index (κ1) is 18.3. The van der Waals surface area contributed by atoms with E-state index in [1.165, 1.54) is 17.3 Å². The highest BCUT2D eigenvalue weighted by Gasteiger charge is 2.25. The van der Waals surface area contributed by atoms with E-state index in [0.717, 1.165) is 25.7 Å². The van der Waals surface area contributed by atoms with Crippen LogP contribution in [0.25, 0.3) is 0 Å². The van der Waals surface area contributed by atoms with Crippen molar-refractivity contribution in [3.63, 3.8) is 0 Å². The number of benzene rings is 1. The molecule has 1 aliphatic carbocycles. The number of thioether (sulfide) groups is 1. The molecule has 1 aromatic rings. The highest BCUT2D eigenvalue weighted by atomic mass is 35.5. The number of hydrogen-bond donors (Lipinski definition) is 4. The molecule has 0 amide bonds. The van der Waals surface area contributed by atoms with Crippen LogP contribution in [0.2, 0.25) is 10.0 Å². The molecule has 0 saturated heterocycles. The average molecular weight is 376 g/mol. The highest BCUT2D eigenvalue weighted by Crippen LogP contribution is 2.40. The van der Waals surface area contributed by atoms with Crippen LogP contribution in [0.5, 0.6) is 0 Å². The molecule has 0 aromatic heterocycles. The average Bonchev–Trinajstić information content (AvgIpc) is 2.51. The van der Waals surface area contributed by atoms with E-state index >= 15 is 0 Å². The third-order valence-electron chi connectivity index (χ3n) is 3.99. The van der Waals surface area contributed by atoms with Gasteiger partial charge in [-0.25, -0.2) is 4.79 Å². The number of aliphatic carboxylic acids is 1. The maximum atomic E-state index is 11.0. The van der Waals surface area contributed by atoms with Crippen molar-refractivity contribution in [2.24, 2.45) is 11.6 Å². The van der Waals surface area contributed by atoms with Crippen molar-refractivity contribution in [1.29, 1.82) is 0 Å². The maximum absolute atomic E-state index is 11.0. The van der Waals surface area contributed by atoms with Crippen LogP contribution in [-0.2, 0) is 4.79 Å². The van der Waals surface area contributed by atoms with E-state index in [0.29, 0.717) is 16.0 Å². The first-order valence-electron chi connectivity index (χ1n) is 7.23. The molecular formula is C15H19Cl2N3O2S. The number of hydrazine groups is 1. The largest absolute Gasteiger partial charge is 0.476 e. The molecule has 0 heterocycles. The summed E-state index contributed by atoms with van der Waals surface area (Å²) in [5.74, 6) is 4.49. The zero-order valence-corrected chi connectivity index (χ0v) is 14.7. The van der Waals surface area contributed by atoms with Crippen molar-refractivity contribution in [1.82, 2.24) is 5.43 Å². The Morgan fingerprint density at radius 3 is 2.39 bits per heavy atom. The molecule has 1 fully saturated rings. The molecule has 23 heavy (non-hydrogen) atoms. The zero-order chi connectivity index (χ0) is 17.0. The zero-order valence-electron chi connectivity index (χ0n) is 12.4. The minimum Gasteiger partial charge on any atom is -0.476 e. The molecule has 0 unspecified atom stereocenters. The van der Waals surface area contributed by atoms with Crippen LogP contribution < -0.4 is 17.0 Å². The van der Waals surface area contributed by atoms with E-state index in [-0.39, 0.29) is 16.0 Å². The number of nitrogens with one attached hydrogen (secondary N) is 1. The Kier molecular flexibility index (Phi) is 6.47. The number of carboxylic acids is 1. The van der Waals surface area contributed by atoms with Gasteiger partial charge in [0, 0.05) is 5.25 Å². The molecule has 126 valence electrons. The lowest BCUT2D eigenvalue weighted by Crippen LogP contribution is -2.30. The van der Waals surface area contributed by atoms with Gasteiger partial charge in [0.1, 0.15) is 0 Å². The van der Waals surface area contributed by atoms with E-state index < -0.39 is 5.97 Å². The van der Waals surface area contributed by atoms with Crippen molar-refractivity contribution < 1.29 is 9.90 Å². The Morgan fingerprint density at radius 1 is 1.22 bits per heavy atom. The minimum atomic E-state index is -1.15. The molecule has 0 radical (unpaired) electrons. The van der Waals surface area contributed by atoms with Crippen LogP contribution >= 0.6 is 35.0 Å². The smallest absolute Gasteiger partial charge is 0.356 e. The molecule has 1 aromatic carbocycles.